The smallest absolute Gasteiger partial charge is 0.255 e. The molecule has 0 aliphatic carbocycles. The Morgan fingerprint density at radius 2 is 2.00 bits per heavy atom. The van der Waals surface area contributed by atoms with Crippen molar-refractivity contribution in [3.63, 3.8) is 0 Å². The maximum Gasteiger partial charge on any atom is 0.255 e. The molecule has 0 saturated carbocycles. The van der Waals surface area contributed by atoms with Crippen LogP contribution in [0, 0.1) is 0 Å². The Bertz CT molecular complexity index is 625. The van der Waals surface area contributed by atoms with Crippen molar-refractivity contribution in [2.75, 3.05) is 0 Å². The number of hydrogen-bond donors (Lipinski definition) is 3. The summed E-state index contributed by atoms with van der Waals surface area (Å²) >= 11 is 1.21. The van der Waals surface area contributed by atoms with Crippen molar-refractivity contribution >= 4 is 27.9 Å². The van der Waals surface area contributed by atoms with E-state index in [-0.39, 0.29) is 10.5 Å². The quantitative estimate of drug-likeness (QED) is 0.691. The van der Waals surface area contributed by atoms with Gasteiger partial charge in [0.25, 0.3) is 10.0 Å². The molecule has 1 amide bonds. The number of primary amides is 1. The van der Waals surface area contributed by atoms with Crippen LogP contribution >= 0.6 is 11.9 Å². The molecule has 0 aromatic heterocycles. The largest absolute Gasteiger partial charge is 0.366 e. The Labute approximate surface area is 115 Å². The van der Waals surface area contributed by atoms with Gasteiger partial charge in [-0.05, 0) is 43.1 Å². The lowest BCUT2D eigenvalue weighted by Gasteiger charge is -2.15. The van der Waals surface area contributed by atoms with Gasteiger partial charge in [-0.3, -0.25) is 4.79 Å². The van der Waals surface area contributed by atoms with Crippen LogP contribution in [0.25, 0.3) is 0 Å². The molecule has 0 radical (unpaired) electrons. The van der Waals surface area contributed by atoms with Crippen LogP contribution in [0.3, 0.4) is 0 Å². The summed E-state index contributed by atoms with van der Waals surface area (Å²) in [6.45, 7) is 1.84. The molecule has 0 unspecified atom stereocenters. The summed E-state index contributed by atoms with van der Waals surface area (Å²) in [6.07, 6.45) is 1.67. The first-order chi connectivity index (χ1) is 8.88. The van der Waals surface area contributed by atoms with E-state index in [4.69, 9.17) is 5.73 Å². The molecular formula is C10H12N4O3S2. The second-order valence-electron chi connectivity index (χ2n) is 3.75. The summed E-state index contributed by atoms with van der Waals surface area (Å²) in [5.74, 6) is -0.603. The molecule has 0 spiro atoms. The zero-order chi connectivity index (χ0) is 14.0. The average molecular weight is 300 g/mol. The van der Waals surface area contributed by atoms with Crippen molar-refractivity contribution in [1.29, 1.82) is 0 Å². The maximum atomic E-state index is 12.0. The van der Waals surface area contributed by atoms with Gasteiger partial charge < -0.3 is 11.2 Å². The standard InChI is InChI=1S/C10H12N4O3S2/c1-7-6-12-14(18-7)13-19(16,17)9-4-2-8(3-5-9)10(11)15/h2-6,12-13H,1H3,(H2,11,15). The number of carbonyl (C=O) groups excluding carboxylic acids is 1. The van der Waals surface area contributed by atoms with Crippen LogP contribution in [0.15, 0.2) is 40.3 Å². The summed E-state index contributed by atoms with van der Waals surface area (Å²) in [7, 11) is -3.70. The van der Waals surface area contributed by atoms with Crippen LogP contribution in [0.2, 0.25) is 0 Å². The highest BCUT2D eigenvalue weighted by Crippen LogP contribution is 2.22. The van der Waals surface area contributed by atoms with Gasteiger partial charge in [0.15, 0.2) is 0 Å². The molecule has 0 fully saturated rings. The number of nitrogens with zero attached hydrogens (tertiary/aromatic N) is 1. The minimum absolute atomic E-state index is 0.0458. The molecule has 1 heterocycles. The van der Waals surface area contributed by atoms with E-state index < -0.39 is 15.9 Å². The Balaban J connectivity index is 2.13. The number of hydrazine groups is 2. The minimum Gasteiger partial charge on any atom is -0.366 e. The van der Waals surface area contributed by atoms with Gasteiger partial charge in [0, 0.05) is 16.7 Å². The minimum atomic E-state index is -3.70. The topological polar surface area (TPSA) is 105 Å². The highest BCUT2D eigenvalue weighted by atomic mass is 32.2. The molecule has 7 nitrogen and oxygen atoms in total. The third-order valence-corrected chi connectivity index (χ3v) is 4.49. The van der Waals surface area contributed by atoms with Crippen LogP contribution < -0.4 is 16.0 Å². The zero-order valence-electron chi connectivity index (χ0n) is 9.95. The fourth-order valence-electron chi connectivity index (χ4n) is 1.35. The second kappa shape index (κ2) is 5.21. The first-order valence-electron chi connectivity index (χ1n) is 5.22. The monoisotopic (exact) mass is 300 g/mol. The Morgan fingerprint density at radius 3 is 2.47 bits per heavy atom. The Hall–Kier alpha value is -1.55. The highest BCUT2D eigenvalue weighted by Gasteiger charge is 2.21. The summed E-state index contributed by atoms with van der Waals surface area (Å²) in [5, 5.41) is 0. The second-order valence-corrected chi connectivity index (χ2v) is 6.61. The molecule has 9 heteroatoms. The van der Waals surface area contributed by atoms with Gasteiger partial charge >= 0.3 is 0 Å². The van der Waals surface area contributed by atoms with Gasteiger partial charge in [-0.2, -0.15) is 0 Å². The molecular weight excluding hydrogens is 288 g/mol. The average Bonchev–Trinajstić information content (AvgIpc) is 2.74. The van der Waals surface area contributed by atoms with Crippen molar-refractivity contribution < 1.29 is 13.2 Å². The van der Waals surface area contributed by atoms with E-state index in [2.05, 4.69) is 10.3 Å². The van der Waals surface area contributed by atoms with Crippen LogP contribution in [-0.2, 0) is 10.0 Å². The van der Waals surface area contributed by atoms with Crippen molar-refractivity contribution in [3.05, 3.63) is 40.9 Å². The SMILES string of the molecule is CC1=CNN(NS(=O)(=O)c2ccc(C(N)=O)cc2)S1. The summed E-state index contributed by atoms with van der Waals surface area (Å²) in [6, 6.07) is 5.38. The van der Waals surface area contributed by atoms with E-state index in [0.717, 1.165) is 4.91 Å². The van der Waals surface area contributed by atoms with Crippen LogP contribution in [0.4, 0.5) is 0 Å². The number of benzene rings is 1. The summed E-state index contributed by atoms with van der Waals surface area (Å²) < 4.78 is 25.3. The number of nitrogens with one attached hydrogen (secondary N) is 2. The lowest BCUT2D eigenvalue weighted by Crippen LogP contribution is -2.41. The van der Waals surface area contributed by atoms with E-state index in [1.807, 2.05) is 6.92 Å². The van der Waals surface area contributed by atoms with Crippen molar-refractivity contribution in [1.82, 2.24) is 14.8 Å². The molecule has 1 aliphatic rings. The predicted octanol–water partition coefficient (Wildman–Crippen LogP) is 0.309. The van der Waals surface area contributed by atoms with Gasteiger partial charge in [0.2, 0.25) is 5.91 Å². The molecule has 1 aromatic carbocycles. The molecule has 1 aromatic rings. The van der Waals surface area contributed by atoms with E-state index in [0.29, 0.717) is 0 Å². The van der Waals surface area contributed by atoms with E-state index >= 15 is 0 Å². The molecule has 0 atom stereocenters. The normalized spacial score (nSPS) is 15.9. The van der Waals surface area contributed by atoms with Gasteiger partial charge in [-0.25, -0.2) is 8.42 Å². The molecule has 2 rings (SSSR count). The molecule has 19 heavy (non-hydrogen) atoms. The lowest BCUT2D eigenvalue weighted by molar-refractivity contribution is 0.1000. The number of hydrogen-bond acceptors (Lipinski definition) is 6. The van der Waals surface area contributed by atoms with Crippen LogP contribution in [0.5, 0.6) is 0 Å². The number of sulfonamides is 1. The number of amides is 1. The predicted molar refractivity (Wildman–Crippen MR) is 71.6 cm³/mol. The number of allylic oxidation sites excluding steroid dienone is 1. The Morgan fingerprint density at radius 1 is 1.37 bits per heavy atom. The third-order valence-electron chi connectivity index (χ3n) is 2.27. The van der Waals surface area contributed by atoms with Crippen LogP contribution in [0.1, 0.15) is 17.3 Å². The van der Waals surface area contributed by atoms with Gasteiger partial charge in [-0.15, -0.1) is 4.83 Å². The lowest BCUT2D eigenvalue weighted by atomic mass is 10.2. The van der Waals surface area contributed by atoms with Gasteiger partial charge in [-0.1, -0.05) is 4.52 Å². The van der Waals surface area contributed by atoms with E-state index in [1.165, 1.54) is 40.7 Å². The van der Waals surface area contributed by atoms with Crippen molar-refractivity contribution in [3.8, 4) is 0 Å². The summed E-state index contributed by atoms with van der Waals surface area (Å²) in [5.41, 5.74) is 8.07. The zero-order valence-corrected chi connectivity index (χ0v) is 11.6. The van der Waals surface area contributed by atoms with Crippen LogP contribution in [-0.4, -0.2) is 18.8 Å². The fraction of sp³-hybridized carbons (Fsp3) is 0.100. The summed E-state index contributed by atoms with van der Waals surface area (Å²) in [4.78, 5) is 14.2. The van der Waals surface area contributed by atoms with Gasteiger partial charge in [0.1, 0.15) is 0 Å². The number of rotatable bonds is 4. The molecule has 1 aliphatic heterocycles. The molecule has 0 saturated heterocycles. The Kier molecular flexibility index (Phi) is 3.80. The first-order valence-corrected chi connectivity index (χ1v) is 7.47. The van der Waals surface area contributed by atoms with Crippen molar-refractivity contribution in [2.45, 2.75) is 11.8 Å². The van der Waals surface area contributed by atoms with Gasteiger partial charge in [0.05, 0.1) is 4.90 Å². The van der Waals surface area contributed by atoms with Crippen molar-refractivity contribution in [2.24, 2.45) is 5.73 Å². The van der Waals surface area contributed by atoms with E-state index in [1.54, 1.807) is 6.20 Å². The number of carbonyl (C=O) groups is 1. The molecule has 4 N–H and O–H groups in total. The molecule has 102 valence electrons. The molecule has 0 bridgehead atoms. The maximum absolute atomic E-state index is 12.0. The number of nitrogens with two attached hydrogens (primary N) is 1. The fourth-order valence-corrected chi connectivity index (χ4v) is 3.16. The highest BCUT2D eigenvalue weighted by molar-refractivity contribution is 8.01. The first kappa shape index (κ1) is 13.9. The third kappa shape index (κ3) is 3.26. The van der Waals surface area contributed by atoms with E-state index in [9.17, 15) is 13.2 Å².